The zero-order chi connectivity index (χ0) is 16.1. The van der Waals surface area contributed by atoms with E-state index in [0.717, 1.165) is 42.7 Å². The number of nitrogens with zero attached hydrogens (tertiary/aromatic N) is 1. The van der Waals surface area contributed by atoms with Gasteiger partial charge in [-0.05, 0) is 67.1 Å². The van der Waals surface area contributed by atoms with Crippen LogP contribution in [-0.4, -0.2) is 23.0 Å². The molecule has 4 nitrogen and oxygen atoms in total. The number of aryl methyl sites for hydroxylation is 1. The van der Waals surface area contributed by atoms with E-state index in [9.17, 15) is 4.79 Å². The van der Waals surface area contributed by atoms with Crippen LogP contribution in [0.2, 0.25) is 0 Å². The number of carbonyl (C=O) groups excluding carboxylic acids is 1. The highest BCUT2D eigenvalue weighted by molar-refractivity contribution is 7.07. The SMILES string of the molecule is Cc1ncccc1OC1CCC(NC(=O)Cc2ccsc2)CC1. The number of nitrogens with one attached hydrogen (secondary N) is 1. The first-order valence-electron chi connectivity index (χ1n) is 8.09. The van der Waals surface area contributed by atoms with Crippen LogP contribution in [0, 0.1) is 6.92 Å². The van der Waals surface area contributed by atoms with Crippen molar-refractivity contribution in [2.75, 3.05) is 0 Å². The van der Waals surface area contributed by atoms with E-state index in [1.54, 1.807) is 17.5 Å². The van der Waals surface area contributed by atoms with Gasteiger partial charge in [0.05, 0.1) is 18.2 Å². The Kier molecular flexibility index (Phi) is 5.28. The van der Waals surface area contributed by atoms with Crippen LogP contribution < -0.4 is 10.1 Å². The summed E-state index contributed by atoms with van der Waals surface area (Å²) in [5, 5.41) is 7.18. The molecular formula is C18H22N2O2S. The van der Waals surface area contributed by atoms with E-state index >= 15 is 0 Å². The van der Waals surface area contributed by atoms with Gasteiger partial charge in [-0.2, -0.15) is 11.3 Å². The minimum Gasteiger partial charge on any atom is -0.489 e. The zero-order valence-corrected chi connectivity index (χ0v) is 14.1. The lowest BCUT2D eigenvalue weighted by Gasteiger charge is -2.29. The lowest BCUT2D eigenvalue weighted by molar-refractivity contribution is -0.121. The number of pyridine rings is 1. The molecule has 0 aliphatic heterocycles. The summed E-state index contributed by atoms with van der Waals surface area (Å²) in [6.45, 7) is 1.96. The Morgan fingerprint density at radius 1 is 1.35 bits per heavy atom. The maximum absolute atomic E-state index is 12.0. The lowest BCUT2D eigenvalue weighted by atomic mass is 9.92. The van der Waals surface area contributed by atoms with Gasteiger partial charge in [-0.1, -0.05) is 0 Å². The van der Waals surface area contributed by atoms with Gasteiger partial charge in [0.25, 0.3) is 0 Å². The van der Waals surface area contributed by atoms with Crippen molar-refractivity contribution in [3.05, 3.63) is 46.4 Å². The summed E-state index contributed by atoms with van der Waals surface area (Å²) in [7, 11) is 0. The van der Waals surface area contributed by atoms with Crippen molar-refractivity contribution in [3.8, 4) is 5.75 Å². The molecular weight excluding hydrogens is 308 g/mol. The van der Waals surface area contributed by atoms with Crippen molar-refractivity contribution in [1.29, 1.82) is 0 Å². The first-order chi connectivity index (χ1) is 11.2. The second-order valence-corrected chi connectivity index (χ2v) is 6.83. The maximum Gasteiger partial charge on any atom is 0.224 e. The first kappa shape index (κ1) is 16.0. The van der Waals surface area contributed by atoms with Crippen LogP contribution in [0.1, 0.15) is 36.9 Å². The molecule has 122 valence electrons. The van der Waals surface area contributed by atoms with E-state index in [0.29, 0.717) is 6.42 Å². The normalized spacial score (nSPS) is 20.9. The molecule has 0 bridgehead atoms. The van der Waals surface area contributed by atoms with Gasteiger partial charge in [0.1, 0.15) is 5.75 Å². The average molecular weight is 330 g/mol. The van der Waals surface area contributed by atoms with Gasteiger partial charge < -0.3 is 10.1 Å². The quantitative estimate of drug-likeness (QED) is 0.913. The molecule has 1 aliphatic rings. The molecule has 1 fully saturated rings. The molecule has 1 aliphatic carbocycles. The number of thiophene rings is 1. The third kappa shape index (κ3) is 4.55. The van der Waals surface area contributed by atoms with Gasteiger partial charge >= 0.3 is 0 Å². The average Bonchev–Trinajstić information content (AvgIpc) is 3.04. The summed E-state index contributed by atoms with van der Waals surface area (Å²) in [5.41, 5.74) is 2.02. The molecule has 3 rings (SSSR count). The Balaban J connectivity index is 1.43. The van der Waals surface area contributed by atoms with Crippen molar-refractivity contribution >= 4 is 17.2 Å². The molecule has 5 heteroatoms. The van der Waals surface area contributed by atoms with E-state index in [1.807, 2.05) is 35.9 Å². The van der Waals surface area contributed by atoms with Crippen molar-refractivity contribution in [2.24, 2.45) is 0 Å². The summed E-state index contributed by atoms with van der Waals surface area (Å²) in [6.07, 6.45) is 6.37. The number of hydrogen-bond donors (Lipinski definition) is 1. The van der Waals surface area contributed by atoms with Crippen LogP contribution in [0.4, 0.5) is 0 Å². The van der Waals surface area contributed by atoms with E-state index in [4.69, 9.17) is 4.74 Å². The second kappa shape index (κ2) is 7.59. The molecule has 1 amide bonds. The molecule has 0 spiro atoms. The van der Waals surface area contributed by atoms with Crippen molar-refractivity contribution < 1.29 is 9.53 Å². The second-order valence-electron chi connectivity index (χ2n) is 6.05. The van der Waals surface area contributed by atoms with Crippen LogP contribution >= 0.6 is 11.3 Å². The summed E-state index contributed by atoms with van der Waals surface area (Å²) in [6, 6.07) is 6.15. The fourth-order valence-corrected chi connectivity index (χ4v) is 3.62. The van der Waals surface area contributed by atoms with Crippen LogP contribution in [0.25, 0.3) is 0 Å². The molecule has 2 aromatic rings. The van der Waals surface area contributed by atoms with Gasteiger partial charge in [0.2, 0.25) is 5.91 Å². The summed E-state index contributed by atoms with van der Waals surface area (Å²) >= 11 is 1.63. The summed E-state index contributed by atoms with van der Waals surface area (Å²) in [4.78, 5) is 16.3. The molecule has 2 aromatic heterocycles. The maximum atomic E-state index is 12.0. The van der Waals surface area contributed by atoms with Crippen molar-refractivity contribution in [2.45, 2.75) is 51.2 Å². The van der Waals surface area contributed by atoms with Crippen LogP contribution in [0.5, 0.6) is 5.75 Å². The fourth-order valence-electron chi connectivity index (χ4n) is 2.96. The predicted octanol–water partition coefficient (Wildman–Crippen LogP) is 3.50. The van der Waals surface area contributed by atoms with Gasteiger partial charge in [-0.25, -0.2) is 0 Å². The minimum atomic E-state index is 0.121. The van der Waals surface area contributed by atoms with E-state index in [-0.39, 0.29) is 18.1 Å². The Hall–Kier alpha value is -1.88. The molecule has 1 N–H and O–H groups in total. The number of aromatic nitrogens is 1. The molecule has 0 saturated heterocycles. The number of ether oxygens (including phenoxy) is 1. The van der Waals surface area contributed by atoms with E-state index in [2.05, 4.69) is 10.3 Å². The summed E-state index contributed by atoms with van der Waals surface area (Å²) in [5.74, 6) is 0.994. The molecule has 0 aromatic carbocycles. The summed E-state index contributed by atoms with van der Waals surface area (Å²) < 4.78 is 6.05. The predicted molar refractivity (Wildman–Crippen MR) is 91.8 cm³/mol. The topological polar surface area (TPSA) is 51.2 Å². The van der Waals surface area contributed by atoms with Gasteiger partial charge in [-0.15, -0.1) is 0 Å². The highest BCUT2D eigenvalue weighted by Crippen LogP contribution is 2.25. The van der Waals surface area contributed by atoms with Gasteiger partial charge in [0, 0.05) is 12.2 Å². The highest BCUT2D eigenvalue weighted by Gasteiger charge is 2.24. The van der Waals surface area contributed by atoms with E-state index < -0.39 is 0 Å². The monoisotopic (exact) mass is 330 g/mol. The minimum absolute atomic E-state index is 0.121. The van der Waals surface area contributed by atoms with Crippen LogP contribution in [0.15, 0.2) is 35.2 Å². The third-order valence-electron chi connectivity index (χ3n) is 4.24. The first-order valence-corrected chi connectivity index (χ1v) is 9.03. The number of amides is 1. The van der Waals surface area contributed by atoms with Crippen LogP contribution in [-0.2, 0) is 11.2 Å². The van der Waals surface area contributed by atoms with Crippen molar-refractivity contribution in [3.63, 3.8) is 0 Å². The number of rotatable bonds is 5. The van der Waals surface area contributed by atoms with Crippen molar-refractivity contribution in [1.82, 2.24) is 10.3 Å². The third-order valence-corrected chi connectivity index (χ3v) is 4.97. The Morgan fingerprint density at radius 2 is 2.17 bits per heavy atom. The Labute approximate surface area is 140 Å². The molecule has 2 heterocycles. The largest absolute Gasteiger partial charge is 0.489 e. The smallest absolute Gasteiger partial charge is 0.224 e. The zero-order valence-electron chi connectivity index (χ0n) is 13.3. The molecule has 0 radical (unpaired) electrons. The van der Waals surface area contributed by atoms with E-state index in [1.165, 1.54) is 0 Å². The van der Waals surface area contributed by atoms with Gasteiger partial charge in [-0.3, -0.25) is 9.78 Å². The standard InChI is InChI=1S/C18H22N2O2S/c1-13-17(3-2-9-19-13)22-16-6-4-15(5-7-16)20-18(21)11-14-8-10-23-12-14/h2-3,8-10,12,15-16H,4-7,11H2,1H3,(H,20,21). The molecule has 0 atom stereocenters. The van der Waals surface area contributed by atoms with Crippen LogP contribution in [0.3, 0.4) is 0 Å². The number of carbonyl (C=O) groups is 1. The molecule has 23 heavy (non-hydrogen) atoms. The Morgan fingerprint density at radius 3 is 2.87 bits per heavy atom. The molecule has 1 saturated carbocycles. The number of hydrogen-bond acceptors (Lipinski definition) is 4. The van der Waals surface area contributed by atoms with Gasteiger partial charge in [0.15, 0.2) is 0 Å². The fraction of sp³-hybridized carbons (Fsp3) is 0.444. The molecule has 0 unspecified atom stereocenters. The lowest BCUT2D eigenvalue weighted by Crippen LogP contribution is -2.40. The highest BCUT2D eigenvalue weighted by atomic mass is 32.1. The Bertz CT molecular complexity index is 634.